The van der Waals surface area contributed by atoms with Gasteiger partial charge in [-0.1, -0.05) is 13.8 Å². The van der Waals surface area contributed by atoms with E-state index in [1.54, 1.807) is 14.2 Å². The Balaban J connectivity index is 1.86. The van der Waals surface area contributed by atoms with E-state index in [1.807, 2.05) is 17.0 Å². The standard InChI is InChI=1S/C19H29N3O4/c1-13(2)5-7-20-19(24)21-18(23)12-22-8-6-14-9-16(25-3)17(26-4)10-15(14)11-22/h9-10,13H,5-8,11-12H2,1-4H3,(H2,20,21,23,24). The van der Waals surface area contributed by atoms with Crippen LogP contribution < -0.4 is 20.1 Å². The largest absolute Gasteiger partial charge is 0.493 e. The zero-order valence-electron chi connectivity index (χ0n) is 16.1. The Hall–Kier alpha value is -2.28. The lowest BCUT2D eigenvalue weighted by molar-refractivity contribution is -0.121. The van der Waals surface area contributed by atoms with Crippen molar-refractivity contribution in [1.29, 1.82) is 0 Å². The van der Waals surface area contributed by atoms with Gasteiger partial charge in [0.15, 0.2) is 11.5 Å². The summed E-state index contributed by atoms with van der Waals surface area (Å²) in [6.45, 7) is 6.32. The molecule has 0 atom stereocenters. The maximum absolute atomic E-state index is 12.1. The summed E-state index contributed by atoms with van der Waals surface area (Å²) < 4.78 is 10.7. The van der Waals surface area contributed by atoms with Crippen molar-refractivity contribution in [3.63, 3.8) is 0 Å². The number of nitrogens with one attached hydrogen (secondary N) is 2. The number of urea groups is 1. The molecule has 144 valence electrons. The van der Waals surface area contributed by atoms with E-state index in [1.165, 1.54) is 5.56 Å². The van der Waals surface area contributed by atoms with Crippen molar-refractivity contribution in [2.45, 2.75) is 33.2 Å². The third-order valence-corrected chi connectivity index (χ3v) is 4.42. The molecule has 0 unspecified atom stereocenters. The molecule has 1 aromatic rings. The Kier molecular flexibility index (Phi) is 7.26. The minimum atomic E-state index is -0.431. The third kappa shape index (κ3) is 5.62. The predicted octanol–water partition coefficient (Wildman–Crippen LogP) is 1.93. The number of carbonyl (C=O) groups excluding carboxylic acids is 2. The molecule has 0 bridgehead atoms. The molecule has 0 aromatic heterocycles. The number of amides is 3. The molecule has 0 saturated heterocycles. The average molecular weight is 363 g/mol. The molecule has 1 aliphatic rings. The van der Waals surface area contributed by atoms with Crippen LogP contribution in [0.4, 0.5) is 4.79 Å². The van der Waals surface area contributed by atoms with Crippen LogP contribution >= 0.6 is 0 Å². The lowest BCUT2D eigenvalue weighted by atomic mass is 9.99. The van der Waals surface area contributed by atoms with Crippen LogP contribution in [0.25, 0.3) is 0 Å². The molecule has 0 radical (unpaired) electrons. The number of hydrogen-bond acceptors (Lipinski definition) is 5. The number of nitrogens with zero attached hydrogens (tertiary/aromatic N) is 1. The van der Waals surface area contributed by atoms with Crippen LogP contribution in [-0.2, 0) is 17.8 Å². The Bertz CT molecular complexity index is 646. The number of rotatable bonds is 7. The highest BCUT2D eigenvalue weighted by Crippen LogP contribution is 2.33. The summed E-state index contributed by atoms with van der Waals surface area (Å²) in [4.78, 5) is 25.9. The highest BCUT2D eigenvalue weighted by atomic mass is 16.5. The fraction of sp³-hybridized carbons (Fsp3) is 0.579. The molecule has 0 aliphatic carbocycles. The zero-order valence-corrected chi connectivity index (χ0v) is 16.1. The van der Waals surface area contributed by atoms with Crippen molar-refractivity contribution in [2.24, 2.45) is 5.92 Å². The van der Waals surface area contributed by atoms with Crippen molar-refractivity contribution in [3.8, 4) is 11.5 Å². The average Bonchev–Trinajstić information content (AvgIpc) is 2.59. The van der Waals surface area contributed by atoms with Gasteiger partial charge in [0.1, 0.15) is 0 Å². The lowest BCUT2D eigenvalue weighted by Crippen LogP contribution is -2.45. The van der Waals surface area contributed by atoms with Crippen molar-refractivity contribution in [3.05, 3.63) is 23.3 Å². The number of ether oxygens (including phenoxy) is 2. The normalized spacial score (nSPS) is 13.9. The number of fused-ring (bicyclic) bond motifs is 1. The van der Waals surface area contributed by atoms with Crippen molar-refractivity contribution in [2.75, 3.05) is 33.9 Å². The summed E-state index contributed by atoms with van der Waals surface area (Å²) in [6, 6.07) is 3.52. The summed E-state index contributed by atoms with van der Waals surface area (Å²) in [6.07, 6.45) is 1.71. The van der Waals surface area contributed by atoms with E-state index < -0.39 is 6.03 Å². The molecular weight excluding hydrogens is 334 g/mol. The fourth-order valence-electron chi connectivity index (χ4n) is 2.96. The van der Waals surface area contributed by atoms with Crippen LogP contribution in [0.3, 0.4) is 0 Å². The molecule has 7 heteroatoms. The lowest BCUT2D eigenvalue weighted by Gasteiger charge is -2.28. The molecule has 1 aromatic carbocycles. The number of methoxy groups -OCH3 is 2. The van der Waals surface area contributed by atoms with Gasteiger partial charge in [-0.15, -0.1) is 0 Å². The Morgan fingerprint density at radius 3 is 2.42 bits per heavy atom. The number of benzene rings is 1. The van der Waals surface area contributed by atoms with E-state index in [2.05, 4.69) is 24.5 Å². The van der Waals surface area contributed by atoms with Crippen molar-refractivity contribution in [1.82, 2.24) is 15.5 Å². The molecule has 1 heterocycles. The molecule has 26 heavy (non-hydrogen) atoms. The summed E-state index contributed by atoms with van der Waals surface area (Å²) in [5.74, 6) is 1.61. The van der Waals surface area contributed by atoms with Gasteiger partial charge in [0, 0.05) is 19.6 Å². The smallest absolute Gasteiger partial charge is 0.321 e. The maximum atomic E-state index is 12.1. The second-order valence-electron chi connectivity index (χ2n) is 6.92. The first-order valence-corrected chi connectivity index (χ1v) is 8.96. The van der Waals surface area contributed by atoms with E-state index >= 15 is 0 Å². The van der Waals surface area contributed by atoms with Gasteiger partial charge in [0.25, 0.3) is 0 Å². The zero-order chi connectivity index (χ0) is 19.1. The monoisotopic (exact) mass is 363 g/mol. The SMILES string of the molecule is COc1cc2c(cc1OC)CN(CC(=O)NC(=O)NCCC(C)C)CC2. The van der Waals surface area contributed by atoms with Gasteiger partial charge in [-0.05, 0) is 42.0 Å². The first kappa shape index (κ1) is 20.0. The van der Waals surface area contributed by atoms with Gasteiger partial charge in [0.2, 0.25) is 5.91 Å². The summed E-state index contributed by atoms with van der Waals surface area (Å²) in [7, 11) is 3.23. The first-order chi connectivity index (χ1) is 12.4. The third-order valence-electron chi connectivity index (χ3n) is 4.42. The van der Waals surface area contributed by atoms with Gasteiger partial charge in [-0.2, -0.15) is 0 Å². The Morgan fingerprint density at radius 2 is 1.81 bits per heavy atom. The fourth-order valence-corrected chi connectivity index (χ4v) is 2.96. The van der Waals surface area contributed by atoms with Gasteiger partial charge in [-0.3, -0.25) is 15.0 Å². The summed E-state index contributed by atoms with van der Waals surface area (Å²) >= 11 is 0. The van der Waals surface area contributed by atoms with Gasteiger partial charge in [0.05, 0.1) is 20.8 Å². The second-order valence-corrected chi connectivity index (χ2v) is 6.92. The molecule has 0 fully saturated rings. The molecule has 0 spiro atoms. The van der Waals surface area contributed by atoms with Crippen LogP contribution in [0.15, 0.2) is 12.1 Å². The molecule has 3 amide bonds. The molecule has 2 N–H and O–H groups in total. The number of hydrogen-bond donors (Lipinski definition) is 2. The molecule has 2 rings (SSSR count). The predicted molar refractivity (Wildman–Crippen MR) is 99.5 cm³/mol. The van der Waals surface area contributed by atoms with E-state index in [-0.39, 0.29) is 12.5 Å². The maximum Gasteiger partial charge on any atom is 0.321 e. The quantitative estimate of drug-likeness (QED) is 0.774. The first-order valence-electron chi connectivity index (χ1n) is 8.96. The van der Waals surface area contributed by atoms with Gasteiger partial charge in [-0.25, -0.2) is 4.79 Å². The molecule has 7 nitrogen and oxygen atoms in total. The highest BCUT2D eigenvalue weighted by molar-refractivity contribution is 5.95. The van der Waals surface area contributed by atoms with E-state index in [9.17, 15) is 9.59 Å². The summed E-state index contributed by atoms with van der Waals surface area (Å²) in [5.41, 5.74) is 2.31. The molecular formula is C19H29N3O4. The van der Waals surface area contributed by atoms with Gasteiger partial charge >= 0.3 is 6.03 Å². The minimum absolute atomic E-state index is 0.186. The topological polar surface area (TPSA) is 79.9 Å². The highest BCUT2D eigenvalue weighted by Gasteiger charge is 2.21. The van der Waals surface area contributed by atoms with Crippen molar-refractivity contribution >= 4 is 11.9 Å². The van der Waals surface area contributed by atoms with Crippen LogP contribution in [0.2, 0.25) is 0 Å². The second kappa shape index (κ2) is 9.43. The van der Waals surface area contributed by atoms with Crippen LogP contribution in [0.5, 0.6) is 11.5 Å². The number of carbonyl (C=O) groups is 2. The summed E-state index contributed by atoms with van der Waals surface area (Å²) in [5, 5.41) is 5.10. The number of imide groups is 1. The van der Waals surface area contributed by atoms with E-state index in [0.29, 0.717) is 24.8 Å². The van der Waals surface area contributed by atoms with Gasteiger partial charge < -0.3 is 14.8 Å². The molecule has 1 aliphatic heterocycles. The molecule has 0 saturated carbocycles. The Labute approximate surface area is 155 Å². The van der Waals surface area contributed by atoms with E-state index in [0.717, 1.165) is 30.7 Å². The van der Waals surface area contributed by atoms with Crippen molar-refractivity contribution < 1.29 is 19.1 Å². The Morgan fingerprint density at radius 1 is 1.15 bits per heavy atom. The van der Waals surface area contributed by atoms with E-state index in [4.69, 9.17) is 9.47 Å². The van der Waals surface area contributed by atoms with Crippen LogP contribution in [0, 0.1) is 5.92 Å². The van der Waals surface area contributed by atoms with Crippen LogP contribution in [-0.4, -0.2) is 50.7 Å². The van der Waals surface area contributed by atoms with Crippen LogP contribution in [0.1, 0.15) is 31.4 Å². The minimum Gasteiger partial charge on any atom is -0.493 e.